The number of nitrogens with zero attached hydrogens (tertiary/aromatic N) is 1. The molecule has 116 valence electrons. The average molecular weight is 296 g/mol. The van der Waals surface area contributed by atoms with Crippen molar-refractivity contribution in [3.05, 3.63) is 53.3 Å². The van der Waals surface area contributed by atoms with Gasteiger partial charge in [0.1, 0.15) is 0 Å². The number of hydrogen-bond donors (Lipinski definition) is 2. The number of aliphatic hydroxyl groups is 1. The number of aryl methyl sites for hydroxylation is 1. The van der Waals surface area contributed by atoms with Gasteiger partial charge in [-0.3, -0.25) is 4.98 Å². The van der Waals surface area contributed by atoms with Crippen LogP contribution in [0.3, 0.4) is 0 Å². The van der Waals surface area contributed by atoms with Crippen LogP contribution in [0.1, 0.15) is 36.6 Å². The first-order valence-corrected chi connectivity index (χ1v) is 8.05. The Balaban J connectivity index is 2.03. The highest BCUT2D eigenvalue weighted by atomic mass is 16.3. The average Bonchev–Trinajstić information content (AvgIpc) is 2.53. The van der Waals surface area contributed by atoms with Crippen molar-refractivity contribution in [3.63, 3.8) is 0 Å². The molecule has 0 radical (unpaired) electrons. The maximum atomic E-state index is 10.3. The number of pyridine rings is 1. The molecule has 22 heavy (non-hydrogen) atoms. The zero-order valence-corrected chi connectivity index (χ0v) is 13.3. The van der Waals surface area contributed by atoms with E-state index in [4.69, 9.17) is 5.73 Å². The van der Waals surface area contributed by atoms with E-state index in [1.807, 2.05) is 26.1 Å². The van der Waals surface area contributed by atoms with Crippen molar-refractivity contribution < 1.29 is 5.11 Å². The highest BCUT2D eigenvalue weighted by Gasteiger charge is 2.36. The van der Waals surface area contributed by atoms with Gasteiger partial charge < -0.3 is 10.8 Å². The molecule has 1 aromatic carbocycles. The Morgan fingerprint density at radius 2 is 2.05 bits per heavy atom. The lowest BCUT2D eigenvalue weighted by Crippen LogP contribution is -2.54. The SMILES string of the molecule is CCC(O)C1(N)CCc2c(cccc2-c2cccnc2C)C1. The van der Waals surface area contributed by atoms with Crippen molar-refractivity contribution in [3.8, 4) is 11.1 Å². The van der Waals surface area contributed by atoms with E-state index in [0.29, 0.717) is 6.42 Å². The van der Waals surface area contributed by atoms with Crippen LogP contribution < -0.4 is 5.73 Å². The van der Waals surface area contributed by atoms with Gasteiger partial charge in [0, 0.05) is 23.0 Å². The van der Waals surface area contributed by atoms with Gasteiger partial charge in [-0.2, -0.15) is 0 Å². The second kappa shape index (κ2) is 5.82. The Morgan fingerprint density at radius 3 is 2.77 bits per heavy atom. The minimum absolute atomic E-state index is 0.440. The quantitative estimate of drug-likeness (QED) is 0.915. The minimum atomic E-state index is -0.496. The first-order chi connectivity index (χ1) is 10.5. The van der Waals surface area contributed by atoms with Gasteiger partial charge in [-0.25, -0.2) is 0 Å². The number of rotatable bonds is 3. The standard InChI is InChI=1S/C19H24N2O/c1-3-18(22)19(20)10-9-16-14(12-19)6-4-7-17(16)15-8-5-11-21-13(15)2/h4-8,11,18,22H,3,9-10,12,20H2,1-2H3. The van der Waals surface area contributed by atoms with Gasteiger partial charge >= 0.3 is 0 Å². The molecule has 0 spiro atoms. The second-order valence-corrected chi connectivity index (χ2v) is 6.41. The first-order valence-electron chi connectivity index (χ1n) is 8.05. The molecular weight excluding hydrogens is 272 g/mol. The van der Waals surface area contributed by atoms with Crippen molar-refractivity contribution in [2.45, 2.75) is 51.2 Å². The maximum Gasteiger partial charge on any atom is 0.0720 e. The lowest BCUT2D eigenvalue weighted by molar-refractivity contribution is 0.0712. The first kappa shape index (κ1) is 15.2. The Bertz CT molecular complexity index is 683. The summed E-state index contributed by atoms with van der Waals surface area (Å²) in [6, 6.07) is 10.5. The summed E-state index contributed by atoms with van der Waals surface area (Å²) in [5, 5.41) is 10.3. The van der Waals surface area contributed by atoms with Gasteiger partial charge in [0.15, 0.2) is 0 Å². The molecule has 0 bridgehead atoms. The predicted octanol–water partition coefficient (Wildman–Crippen LogP) is 3.01. The lowest BCUT2D eigenvalue weighted by atomic mass is 9.73. The highest BCUT2D eigenvalue weighted by molar-refractivity contribution is 5.71. The molecule has 0 amide bonds. The summed E-state index contributed by atoms with van der Waals surface area (Å²) in [6.07, 6.45) is 4.57. The van der Waals surface area contributed by atoms with E-state index in [1.54, 1.807) is 0 Å². The van der Waals surface area contributed by atoms with E-state index >= 15 is 0 Å². The Morgan fingerprint density at radius 1 is 1.27 bits per heavy atom. The largest absolute Gasteiger partial charge is 0.391 e. The summed E-state index contributed by atoms with van der Waals surface area (Å²) >= 11 is 0. The zero-order valence-electron chi connectivity index (χ0n) is 13.3. The summed E-state index contributed by atoms with van der Waals surface area (Å²) in [4.78, 5) is 4.41. The van der Waals surface area contributed by atoms with Crippen molar-refractivity contribution >= 4 is 0 Å². The van der Waals surface area contributed by atoms with Crippen LogP contribution in [0.5, 0.6) is 0 Å². The lowest BCUT2D eigenvalue weighted by Gasteiger charge is -2.39. The fraction of sp³-hybridized carbons (Fsp3) is 0.421. The number of aliphatic hydroxyl groups excluding tert-OH is 1. The molecule has 2 atom stereocenters. The Kier molecular flexibility index (Phi) is 4.02. The molecule has 3 rings (SSSR count). The van der Waals surface area contributed by atoms with Crippen molar-refractivity contribution in [1.82, 2.24) is 4.98 Å². The van der Waals surface area contributed by atoms with Crippen LogP contribution in [0.15, 0.2) is 36.5 Å². The predicted molar refractivity (Wildman–Crippen MR) is 89.7 cm³/mol. The fourth-order valence-electron chi connectivity index (χ4n) is 3.61. The molecule has 0 fully saturated rings. The smallest absolute Gasteiger partial charge is 0.0720 e. The summed E-state index contributed by atoms with van der Waals surface area (Å²) in [6.45, 7) is 4.04. The van der Waals surface area contributed by atoms with Gasteiger partial charge in [-0.1, -0.05) is 31.2 Å². The topological polar surface area (TPSA) is 59.1 Å². The molecule has 1 aliphatic rings. The van der Waals surface area contributed by atoms with Gasteiger partial charge in [-0.05, 0) is 55.4 Å². The monoisotopic (exact) mass is 296 g/mol. The van der Waals surface area contributed by atoms with E-state index in [1.165, 1.54) is 22.3 Å². The second-order valence-electron chi connectivity index (χ2n) is 6.41. The van der Waals surface area contributed by atoms with Crippen LogP contribution in [0, 0.1) is 6.92 Å². The summed E-state index contributed by atoms with van der Waals surface area (Å²) in [5.41, 5.74) is 12.1. The minimum Gasteiger partial charge on any atom is -0.391 e. The number of hydrogen-bond acceptors (Lipinski definition) is 3. The van der Waals surface area contributed by atoms with Crippen LogP contribution in [-0.4, -0.2) is 21.7 Å². The van der Waals surface area contributed by atoms with Crippen LogP contribution in [-0.2, 0) is 12.8 Å². The third kappa shape index (κ3) is 2.55. The van der Waals surface area contributed by atoms with Gasteiger partial charge in [-0.15, -0.1) is 0 Å². The molecule has 0 aliphatic heterocycles. The van der Waals surface area contributed by atoms with Gasteiger partial charge in [0.2, 0.25) is 0 Å². The maximum absolute atomic E-state index is 10.3. The molecule has 1 heterocycles. The number of benzene rings is 1. The van der Waals surface area contributed by atoms with Gasteiger partial charge in [0.05, 0.1) is 6.10 Å². The third-order valence-electron chi connectivity index (χ3n) is 4.98. The molecule has 3 N–H and O–H groups in total. The van der Waals surface area contributed by atoms with E-state index in [-0.39, 0.29) is 0 Å². The molecular formula is C19H24N2O. The van der Waals surface area contributed by atoms with E-state index in [2.05, 4.69) is 29.2 Å². The van der Waals surface area contributed by atoms with Crippen LogP contribution in [0.4, 0.5) is 0 Å². The highest BCUT2D eigenvalue weighted by Crippen LogP contribution is 2.36. The molecule has 0 saturated heterocycles. The Labute approximate surface area is 132 Å². The van der Waals surface area contributed by atoms with Crippen molar-refractivity contribution in [2.24, 2.45) is 5.73 Å². The zero-order chi connectivity index (χ0) is 15.7. The van der Waals surface area contributed by atoms with Crippen molar-refractivity contribution in [2.75, 3.05) is 0 Å². The fourth-order valence-corrected chi connectivity index (χ4v) is 3.61. The normalized spacial score (nSPS) is 22.2. The molecule has 3 nitrogen and oxygen atoms in total. The molecule has 1 aromatic heterocycles. The summed E-state index contributed by atoms with van der Waals surface area (Å²) < 4.78 is 0. The molecule has 3 heteroatoms. The van der Waals surface area contributed by atoms with E-state index in [0.717, 1.165) is 25.0 Å². The molecule has 1 aliphatic carbocycles. The summed E-state index contributed by atoms with van der Waals surface area (Å²) in [7, 11) is 0. The van der Waals surface area contributed by atoms with E-state index < -0.39 is 11.6 Å². The summed E-state index contributed by atoms with van der Waals surface area (Å²) in [5.74, 6) is 0. The molecule has 0 saturated carbocycles. The van der Waals surface area contributed by atoms with E-state index in [9.17, 15) is 5.11 Å². The third-order valence-corrected chi connectivity index (χ3v) is 4.98. The van der Waals surface area contributed by atoms with Crippen LogP contribution in [0.25, 0.3) is 11.1 Å². The van der Waals surface area contributed by atoms with Crippen LogP contribution in [0.2, 0.25) is 0 Å². The number of fused-ring (bicyclic) bond motifs is 1. The number of aromatic nitrogens is 1. The Hall–Kier alpha value is -1.71. The molecule has 2 unspecified atom stereocenters. The molecule has 2 aromatic rings. The van der Waals surface area contributed by atoms with Crippen molar-refractivity contribution in [1.29, 1.82) is 0 Å². The number of nitrogens with two attached hydrogens (primary N) is 1. The van der Waals surface area contributed by atoms with Crippen LogP contribution >= 0.6 is 0 Å². The van der Waals surface area contributed by atoms with Gasteiger partial charge in [0.25, 0.3) is 0 Å².